The fourth-order valence-electron chi connectivity index (χ4n) is 3.02. The number of carboxylic acids is 1. The van der Waals surface area contributed by atoms with Crippen LogP contribution in [0.4, 0.5) is 22.0 Å². The smallest absolute Gasteiger partial charge is 0.475 e. The SMILES string of the molecule is CN1C(=O)C(C)(C)[C@@](C)(c2cc(CC(=O)C(C)(C)F)ccc2F)N=C1N.O=C(O)C(F)(F)F. The number of carboxylic acid groups (broad SMARTS) is 1. The van der Waals surface area contributed by atoms with Gasteiger partial charge in [-0.15, -0.1) is 0 Å². The maximum absolute atomic E-state index is 14.7. The number of halogens is 5. The van der Waals surface area contributed by atoms with Crippen LogP contribution in [0.1, 0.15) is 45.7 Å². The summed E-state index contributed by atoms with van der Waals surface area (Å²) in [7, 11) is 1.51. The molecule has 0 saturated carbocycles. The Bertz CT molecular complexity index is 983. The number of guanidine groups is 1. The summed E-state index contributed by atoms with van der Waals surface area (Å²) in [6, 6.07) is 4.11. The van der Waals surface area contributed by atoms with E-state index in [4.69, 9.17) is 15.6 Å². The van der Waals surface area contributed by atoms with Crippen molar-refractivity contribution in [3.8, 4) is 0 Å². The van der Waals surface area contributed by atoms with E-state index in [2.05, 4.69) is 4.99 Å². The summed E-state index contributed by atoms with van der Waals surface area (Å²) in [6.07, 6.45) is -5.26. The Morgan fingerprint density at radius 2 is 1.64 bits per heavy atom. The van der Waals surface area contributed by atoms with Gasteiger partial charge in [0.25, 0.3) is 0 Å². The lowest BCUT2D eigenvalue weighted by Gasteiger charge is -2.46. The Labute approximate surface area is 187 Å². The number of nitrogens with two attached hydrogens (primary N) is 1. The van der Waals surface area contributed by atoms with E-state index in [0.29, 0.717) is 5.56 Å². The molecule has 0 fully saturated rings. The van der Waals surface area contributed by atoms with E-state index in [9.17, 15) is 31.5 Å². The molecule has 7 nitrogen and oxygen atoms in total. The van der Waals surface area contributed by atoms with E-state index in [0.717, 1.165) is 0 Å². The summed E-state index contributed by atoms with van der Waals surface area (Å²) in [4.78, 5) is 39.2. The maximum atomic E-state index is 14.7. The topological polar surface area (TPSA) is 113 Å². The first-order valence-corrected chi connectivity index (χ1v) is 9.61. The highest BCUT2D eigenvalue weighted by atomic mass is 19.4. The number of amides is 1. The molecule has 1 heterocycles. The molecule has 1 aromatic rings. The van der Waals surface area contributed by atoms with Gasteiger partial charge in [0, 0.05) is 19.0 Å². The van der Waals surface area contributed by atoms with Crippen LogP contribution < -0.4 is 5.73 Å². The molecule has 0 radical (unpaired) electrons. The van der Waals surface area contributed by atoms with Gasteiger partial charge in [0.15, 0.2) is 17.4 Å². The average molecular weight is 479 g/mol. The van der Waals surface area contributed by atoms with E-state index in [1.54, 1.807) is 20.8 Å². The monoisotopic (exact) mass is 479 g/mol. The number of carbonyl (C=O) groups excluding carboxylic acids is 2. The molecule has 1 aromatic carbocycles. The number of ketones is 1. The first kappa shape index (κ1) is 28.0. The molecule has 0 bridgehead atoms. The minimum absolute atomic E-state index is 0.0115. The summed E-state index contributed by atoms with van der Waals surface area (Å²) < 4.78 is 60.2. The maximum Gasteiger partial charge on any atom is 0.490 e. The molecule has 184 valence electrons. The molecule has 12 heteroatoms. The number of rotatable bonds is 4. The highest BCUT2D eigenvalue weighted by Gasteiger charge is 2.53. The van der Waals surface area contributed by atoms with Crippen molar-refractivity contribution in [1.82, 2.24) is 4.90 Å². The van der Waals surface area contributed by atoms with Crippen molar-refractivity contribution in [3.05, 3.63) is 35.1 Å². The van der Waals surface area contributed by atoms with Gasteiger partial charge >= 0.3 is 12.1 Å². The van der Waals surface area contributed by atoms with Crippen molar-refractivity contribution < 1.29 is 41.4 Å². The number of carbonyl (C=O) groups is 3. The quantitative estimate of drug-likeness (QED) is 0.643. The highest BCUT2D eigenvalue weighted by Crippen LogP contribution is 2.47. The van der Waals surface area contributed by atoms with Crippen LogP contribution in [-0.4, -0.2) is 52.5 Å². The second-order valence-electron chi connectivity index (χ2n) is 8.72. The lowest BCUT2D eigenvalue weighted by molar-refractivity contribution is -0.192. The Morgan fingerprint density at radius 3 is 2.06 bits per heavy atom. The third-order valence-electron chi connectivity index (χ3n) is 5.56. The molecule has 0 saturated heterocycles. The van der Waals surface area contributed by atoms with Gasteiger partial charge in [0.1, 0.15) is 11.4 Å². The van der Waals surface area contributed by atoms with Crippen molar-refractivity contribution in [2.75, 3.05) is 7.05 Å². The molecule has 0 spiro atoms. The summed E-state index contributed by atoms with van der Waals surface area (Å²) in [5, 5.41) is 7.12. The van der Waals surface area contributed by atoms with Crippen molar-refractivity contribution in [2.45, 2.75) is 58.4 Å². The van der Waals surface area contributed by atoms with Crippen molar-refractivity contribution in [1.29, 1.82) is 0 Å². The number of Topliss-reactive ketones (excluding diaryl/α,β-unsaturated/α-hetero) is 1. The summed E-state index contributed by atoms with van der Waals surface area (Å²) in [6.45, 7) is 7.34. The Kier molecular flexibility index (Phi) is 7.69. The van der Waals surface area contributed by atoms with Crippen LogP contribution in [-0.2, 0) is 26.3 Å². The van der Waals surface area contributed by atoms with Crippen LogP contribution in [0.25, 0.3) is 0 Å². The fourth-order valence-corrected chi connectivity index (χ4v) is 3.02. The zero-order valence-electron chi connectivity index (χ0n) is 19.0. The summed E-state index contributed by atoms with van der Waals surface area (Å²) in [5.41, 5.74) is 2.13. The first-order valence-electron chi connectivity index (χ1n) is 9.61. The molecule has 1 atom stereocenters. The van der Waals surface area contributed by atoms with E-state index < -0.39 is 40.4 Å². The molecular weight excluding hydrogens is 453 g/mol. The molecule has 0 unspecified atom stereocenters. The zero-order chi connectivity index (χ0) is 26.2. The van der Waals surface area contributed by atoms with Crippen LogP contribution in [0.2, 0.25) is 0 Å². The molecule has 3 N–H and O–H groups in total. The predicted molar refractivity (Wildman–Crippen MR) is 110 cm³/mol. The second kappa shape index (κ2) is 9.06. The normalized spacial score (nSPS) is 20.5. The predicted octanol–water partition coefficient (Wildman–Crippen LogP) is 3.35. The Morgan fingerprint density at radius 1 is 1.15 bits per heavy atom. The van der Waals surface area contributed by atoms with Gasteiger partial charge in [-0.1, -0.05) is 6.07 Å². The highest BCUT2D eigenvalue weighted by molar-refractivity contribution is 6.01. The van der Waals surface area contributed by atoms with E-state index >= 15 is 0 Å². The minimum atomic E-state index is -5.08. The van der Waals surface area contributed by atoms with Gasteiger partial charge in [-0.2, -0.15) is 13.2 Å². The van der Waals surface area contributed by atoms with Crippen LogP contribution >= 0.6 is 0 Å². The number of benzene rings is 1. The number of nitrogens with zero attached hydrogens (tertiary/aromatic N) is 2. The Balaban J connectivity index is 0.000000675. The first-order chi connectivity index (χ1) is 14.7. The molecule has 1 amide bonds. The summed E-state index contributed by atoms with van der Waals surface area (Å²) in [5.74, 6) is -4.24. The largest absolute Gasteiger partial charge is 0.490 e. The van der Waals surface area contributed by atoms with E-state index in [-0.39, 0.29) is 23.9 Å². The van der Waals surface area contributed by atoms with Gasteiger partial charge in [-0.3, -0.25) is 14.5 Å². The third-order valence-corrected chi connectivity index (χ3v) is 5.56. The Hall–Kier alpha value is -3.05. The van der Waals surface area contributed by atoms with Gasteiger partial charge < -0.3 is 10.8 Å². The minimum Gasteiger partial charge on any atom is -0.475 e. The van der Waals surface area contributed by atoms with Crippen LogP contribution in [0, 0.1) is 11.2 Å². The molecule has 0 aromatic heterocycles. The number of aliphatic imine (C=N–C) groups is 1. The van der Waals surface area contributed by atoms with Gasteiger partial charge in [0.05, 0.1) is 5.41 Å². The van der Waals surface area contributed by atoms with Crippen molar-refractivity contribution in [3.63, 3.8) is 0 Å². The molecule has 2 rings (SSSR count). The van der Waals surface area contributed by atoms with Crippen LogP contribution in [0.3, 0.4) is 0 Å². The average Bonchev–Trinajstić information content (AvgIpc) is 2.65. The fraction of sp³-hybridized carbons (Fsp3) is 0.524. The van der Waals surface area contributed by atoms with E-state index in [1.807, 2.05) is 0 Å². The van der Waals surface area contributed by atoms with Crippen molar-refractivity contribution in [2.24, 2.45) is 16.1 Å². The number of hydrogen-bond acceptors (Lipinski definition) is 5. The molecule has 0 aliphatic carbocycles. The lowest BCUT2D eigenvalue weighted by atomic mass is 9.67. The summed E-state index contributed by atoms with van der Waals surface area (Å²) >= 11 is 0. The lowest BCUT2D eigenvalue weighted by Crippen LogP contribution is -2.58. The zero-order valence-corrected chi connectivity index (χ0v) is 19.0. The van der Waals surface area contributed by atoms with Gasteiger partial charge in [-0.25, -0.2) is 18.6 Å². The number of hydrogen-bond donors (Lipinski definition) is 2. The molecule has 1 aliphatic rings. The molecule has 33 heavy (non-hydrogen) atoms. The number of alkyl halides is 4. The van der Waals surface area contributed by atoms with Gasteiger partial charge in [-0.05, 0) is 52.3 Å². The van der Waals surface area contributed by atoms with E-state index in [1.165, 1.54) is 44.0 Å². The molecule has 1 aliphatic heterocycles. The third kappa shape index (κ3) is 5.85. The van der Waals surface area contributed by atoms with Crippen molar-refractivity contribution >= 4 is 23.6 Å². The second-order valence-corrected chi connectivity index (χ2v) is 8.72. The van der Waals surface area contributed by atoms with Crippen LogP contribution in [0.15, 0.2) is 23.2 Å². The van der Waals surface area contributed by atoms with Crippen LogP contribution in [0.5, 0.6) is 0 Å². The number of aliphatic carboxylic acids is 1. The molecular formula is C21H26F5N3O4. The van der Waals surface area contributed by atoms with Gasteiger partial charge in [0.2, 0.25) is 5.91 Å². The standard InChI is InChI=1S/C19H25F2N3O2.C2HF3O2/c1-17(2)15(26)24(6)16(22)23-19(17,5)12-9-11(7-8-13(12)20)10-14(25)18(3,4)21;3-2(4,5)1(6)7/h7-9H,10H2,1-6H3,(H2,22,23);(H,6,7)/t19-;/m1./s1.